The Balaban J connectivity index is 1.66. The molecule has 1 fully saturated rings. The number of thiocarbonyl (C=S) groups is 1. The van der Waals surface area contributed by atoms with Crippen molar-refractivity contribution in [3.63, 3.8) is 0 Å². The Kier molecular flexibility index (Phi) is 6.30. The number of rotatable bonds is 7. The third-order valence-corrected chi connectivity index (χ3v) is 5.24. The van der Waals surface area contributed by atoms with Crippen LogP contribution in [0.2, 0.25) is 0 Å². The van der Waals surface area contributed by atoms with Crippen LogP contribution in [-0.4, -0.2) is 43.8 Å². The lowest BCUT2D eigenvalue weighted by Gasteiger charge is -2.10. The summed E-state index contributed by atoms with van der Waals surface area (Å²) in [5.41, 5.74) is 1.42. The molecule has 29 heavy (non-hydrogen) atoms. The van der Waals surface area contributed by atoms with Gasteiger partial charge >= 0.3 is 11.9 Å². The van der Waals surface area contributed by atoms with Crippen molar-refractivity contribution in [2.45, 2.75) is 6.42 Å². The molecule has 0 unspecified atom stereocenters. The second kappa shape index (κ2) is 8.89. The number of thioether (sulfide) groups is 1. The summed E-state index contributed by atoms with van der Waals surface area (Å²) in [6.45, 7) is -0.458. The molecule has 1 saturated heterocycles. The maximum absolute atomic E-state index is 12.3. The molecule has 148 valence electrons. The van der Waals surface area contributed by atoms with Gasteiger partial charge in [-0.25, -0.2) is 0 Å². The molecule has 0 bridgehead atoms. The monoisotopic (exact) mass is 429 g/mol. The summed E-state index contributed by atoms with van der Waals surface area (Å²) < 4.78 is 5.95. The number of ether oxygens (including phenoxy) is 1. The summed E-state index contributed by atoms with van der Waals surface area (Å²) in [6.07, 6.45) is 1.60. The lowest BCUT2D eigenvalue weighted by Crippen LogP contribution is -2.33. The molecule has 2 N–H and O–H groups in total. The van der Waals surface area contributed by atoms with Crippen LogP contribution in [0.4, 0.5) is 0 Å². The van der Waals surface area contributed by atoms with Crippen molar-refractivity contribution in [3.8, 4) is 11.5 Å². The van der Waals surface area contributed by atoms with Crippen molar-refractivity contribution in [1.29, 1.82) is 0 Å². The van der Waals surface area contributed by atoms with Gasteiger partial charge in [-0.15, -0.1) is 0 Å². The number of carbonyl (C=O) groups is 3. The maximum Gasteiger partial charge on any atom is 0.323 e. The first-order chi connectivity index (χ1) is 13.8. The van der Waals surface area contributed by atoms with Gasteiger partial charge in [0.2, 0.25) is 0 Å². The zero-order valence-electron chi connectivity index (χ0n) is 14.9. The molecule has 2 aromatic rings. The highest BCUT2D eigenvalue weighted by atomic mass is 32.2. The van der Waals surface area contributed by atoms with E-state index in [0.29, 0.717) is 22.0 Å². The molecule has 2 aromatic carbocycles. The third kappa shape index (κ3) is 5.43. The fourth-order valence-electron chi connectivity index (χ4n) is 2.54. The fourth-order valence-corrected chi connectivity index (χ4v) is 3.80. The predicted octanol–water partition coefficient (Wildman–Crippen LogP) is 3.39. The second-order valence-corrected chi connectivity index (χ2v) is 7.72. The number of aliphatic carboxylic acids is 2. The lowest BCUT2D eigenvalue weighted by atomic mass is 10.1. The van der Waals surface area contributed by atoms with Crippen molar-refractivity contribution >= 4 is 52.2 Å². The Labute approximate surface area is 175 Å². The molecule has 9 heteroatoms. The van der Waals surface area contributed by atoms with E-state index in [4.69, 9.17) is 27.2 Å². The maximum atomic E-state index is 12.3. The SMILES string of the molecule is O=C(O)Cc1ccc(Oc2ccc(C=C3SC(=S)N(CC(=O)O)C3=O)cc2)cc1. The molecule has 0 radical (unpaired) electrons. The van der Waals surface area contributed by atoms with Crippen LogP contribution < -0.4 is 4.74 Å². The number of carboxylic acid groups (broad SMARTS) is 2. The van der Waals surface area contributed by atoms with Crippen molar-refractivity contribution in [2.75, 3.05) is 6.54 Å². The average Bonchev–Trinajstić information content (AvgIpc) is 2.91. The summed E-state index contributed by atoms with van der Waals surface area (Å²) in [5, 5.41) is 17.7. The van der Waals surface area contributed by atoms with E-state index in [9.17, 15) is 14.4 Å². The summed E-state index contributed by atoms with van der Waals surface area (Å²) in [6, 6.07) is 13.8. The van der Waals surface area contributed by atoms with Gasteiger partial charge in [0.1, 0.15) is 22.4 Å². The molecular formula is C20H15NO6S2. The van der Waals surface area contributed by atoms with Crippen LogP contribution in [0, 0.1) is 0 Å². The van der Waals surface area contributed by atoms with E-state index < -0.39 is 24.4 Å². The molecular weight excluding hydrogens is 414 g/mol. The van der Waals surface area contributed by atoms with E-state index in [0.717, 1.165) is 22.2 Å². The van der Waals surface area contributed by atoms with Crippen LogP contribution >= 0.6 is 24.0 Å². The summed E-state index contributed by atoms with van der Waals surface area (Å²) in [7, 11) is 0. The molecule has 0 atom stereocenters. The van der Waals surface area contributed by atoms with E-state index in [2.05, 4.69) is 0 Å². The minimum Gasteiger partial charge on any atom is -0.481 e. The Bertz CT molecular complexity index is 999. The molecule has 0 aromatic heterocycles. The van der Waals surface area contributed by atoms with Crippen LogP contribution in [0.25, 0.3) is 6.08 Å². The van der Waals surface area contributed by atoms with Gasteiger partial charge in [-0.05, 0) is 41.5 Å². The van der Waals surface area contributed by atoms with Gasteiger partial charge in [-0.3, -0.25) is 19.3 Å². The summed E-state index contributed by atoms with van der Waals surface area (Å²) >= 11 is 6.13. The summed E-state index contributed by atoms with van der Waals surface area (Å²) in [4.78, 5) is 35.2. The number of hydrogen-bond acceptors (Lipinski definition) is 6. The zero-order valence-corrected chi connectivity index (χ0v) is 16.5. The molecule has 7 nitrogen and oxygen atoms in total. The van der Waals surface area contributed by atoms with Gasteiger partial charge in [0.05, 0.1) is 11.3 Å². The van der Waals surface area contributed by atoms with Crippen LogP contribution in [0.5, 0.6) is 11.5 Å². The minimum atomic E-state index is -1.12. The highest BCUT2D eigenvalue weighted by Gasteiger charge is 2.33. The second-order valence-electron chi connectivity index (χ2n) is 6.05. The van der Waals surface area contributed by atoms with E-state index in [1.807, 2.05) is 0 Å². The van der Waals surface area contributed by atoms with Gasteiger partial charge in [-0.1, -0.05) is 48.2 Å². The fraction of sp³-hybridized carbons (Fsp3) is 0.100. The van der Waals surface area contributed by atoms with Gasteiger partial charge in [-0.2, -0.15) is 0 Å². The molecule has 0 spiro atoms. The first kappa shape index (κ1) is 20.6. The molecule has 1 aliphatic heterocycles. The van der Waals surface area contributed by atoms with E-state index in [-0.39, 0.29) is 10.7 Å². The van der Waals surface area contributed by atoms with Crippen LogP contribution in [0.1, 0.15) is 11.1 Å². The Morgan fingerprint density at radius 1 is 1.00 bits per heavy atom. The standard InChI is InChI=1S/C20H15NO6S2/c22-17(23)10-13-3-7-15(8-4-13)27-14-5-1-12(2-6-14)9-16-19(26)21(11-18(24)25)20(28)29-16/h1-9H,10-11H2,(H,22,23)(H,24,25). The van der Waals surface area contributed by atoms with E-state index in [1.165, 1.54) is 0 Å². The van der Waals surface area contributed by atoms with Crippen LogP contribution in [-0.2, 0) is 20.8 Å². The van der Waals surface area contributed by atoms with E-state index >= 15 is 0 Å². The lowest BCUT2D eigenvalue weighted by molar-refractivity contribution is -0.140. The highest BCUT2D eigenvalue weighted by molar-refractivity contribution is 8.26. The number of amides is 1. The number of carboxylic acids is 2. The van der Waals surface area contributed by atoms with Crippen molar-refractivity contribution in [2.24, 2.45) is 0 Å². The Morgan fingerprint density at radius 3 is 2.14 bits per heavy atom. The quantitative estimate of drug-likeness (QED) is 0.510. The van der Waals surface area contributed by atoms with Crippen molar-refractivity contribution < 1.29 is 29.3 Å². The number of carbonyl (C=O) groups excluding carboxylic acids is 1. The van der Waals surface area contributed by atoms with Crippen LogP contribution in [0.15, 0.2) is 53.4 Å². The van der Waals surface area contributed by atoms with Gasteiger partial charge in [0.25, 0.3) is 5.91 Å². The topological polar surface area (TPSA) is 104 Å². The molecule has 1 amide bonds. The Morgan fingerprint density at radius 2 is 1.59 bits per heavy atom. The van der Waals surface area contributed by atoms with Gasteiger partial charge < -0.3 is 14.9 Å². The normalized spacial score (nSPS) is 15.0. The highest BCUT2D eigenvalue weighted by Crippen LogP contribution is 2.32. The first-order valence-corrected chi connectivity index (χ1v) is 9.60. The third-order valence-electron chi connectivity index (χ3n) is 3.86. The van der Waals surface area contributed by atoms with Crippen molar-refractivity contribution in [1.82, 2.24) is 4.90 Å². The molecule has 3 rings (SSSR count). The van der Waals surface area contributed by atoms with Gasteiger partial charge in [0, 0.05) is 0 Å². The average molecular weight is 429 g/mol. The first-order valence-electron chi connectivity index (χ1n) is 8.37. The van der Waals surface area contributed by atoms with Gasteiger partial charge in [0.15, 0.2) is 0 Å². The predicted molar refractivity (Wildman–Crippen MR) is 112 cm³/mol. The smallest absolute Gasteiger partial charge is 0.323 e. The molecule has 0 saturated carbocycles. The van der Waals surface area contributed by atoms with E-state index in [1.54, 1.807) is 54.6 Å². The minimum absolute atomic E-state index is 0.0479. The van der Waals surface area contributed by atoms with Crippen molar-refractivity contribution in [3.05, 3.63) is 64.6 Å². The Hall–Kier alpha value is -3.17. The molecule has 0 aliphatic carbocycles. The zero-order chi connectivity index (χ0) is 21.0. The molecule has 1 heterocycles. The summed E-state index contributed by atoms with van der Waals surface area (Å²) in [5.74, 6) is -1.30. The molecule has 1 aliphatic rings. The number of nitrogens with zero attached hydrogens (tertiary/aromatic N) is 1. The largest absolute Gasteiger partial charge is 0.481 e. The number of hydrogen-bond donors (Lipinski definition) is 2. The van der Waals surface area contributed by atoms with Crippen LogP contribution in [0.3, 0.4) is 0 Å². The number of benzene rings is 2.